The molecule has 0 radical (unpaired) electrons. The van der Waals surface area contributed by atoms with Crippen LogP contribution in [0.5, 0.6) is 5.88 Å². The van der Waals surface area contributed by atoms with Crippen LogP contribution in [0.1, 0.15) is 16.6 Å². The topological polar surface area (TPSA) is 73.3 Å². The highest BCUT2D eigenvalue weighted by molar-refractivity contribution is 7.88. The van der Waals surface area contributed by atoms with Crippen molar-refractivity contribution in [3.63, 3.8) is 0 Å². The van der Waals surface area contributed by atoms with E-state index in [1.807, 2.05) is 0 Å². The smallest absolute Gasteiger partial charge is 0.353 e. The van der Waals surface area contributed by atoms with E-state index in [1.165, 1.54) is 0 Å². The van der Waals surface area contributed by atoms with E-state index in [-0.39, 0.29) is 9.88 Å². The van der Waals surface area contributed by atoms with E-state index in [4.69, 9.17) is 0 Å². The highest BCUT2D eigenvalue weighted by Crippen LogP contribution is 2.35. The lowest BCUT2D eigenvalue weighted by Crippen LogP contribution is -2.28. The van der Waals surface area contributed by atoms with E-state index >= 15 is 0 Å². The summed E-state index contributed by atoms with van der Waals surface area (Å²) in [6.07, 6.45) is 0. The first kappa shape index (κ1) is 16.4. The monoisotopic (exact) mass is 351 g/mol. The van der Waals surface area contributed by atoms with Gasteiger partial charge in [-0.1, -0.05) is 30.3 Å². The molecule has 0 aliphatic rings. The molecular weight excluding hydrogens is 343 g/mol. The number of thiazole rings is 1. The number of Topliss-reactive ketones (excluding diaryl/α,β-unsaturated/α-hetero) is 1. The molecule has 0 fully saturated rings. The van der Waals surface area contributed by atoms with Gasteiger partial charge in [0.05, 0.1) is 0 Å². The highest BCUT2D eigenvalue weighted by Gasteiger charge is 2.49. The van der Waals surface area contributed by atoms with Crippen molar-refractivity contribution in [2.75, 3.05) is 0 Å². The highest BCUT2D eigenvalue weighted by atomic mass is 32.2. The van der Waals surface area contributed by atoms with E-state index in [1.54, 1.807) is 30.3 Å². The molecule has 0 bridgehead atoms. The van der Waals surface area contributed by atoms with Gasteiger partial charge in [-0.15, -0.1) is 11.3 Å². The van der Waals surface area contributed by atoms with Gasteiger partial charge in [0, 0.05) is 12.5 Å². The average Bonchev–Trinajstić information content (AvgIpc) is 2.82. The molecule has 22 heavy (non-hydrogen) atoms. The molecule has 2 aromatic rings. The van der Waals surface area contributed by atoms with Gasteiger partial charge < -0.3 is 4.18 Å². The molecule has 0 N–H and O–H groups in total. The number of hydrogen-bond donors (Lipinski definition) is 0. The zero-order valence-electron chi connectivity index (χ0n) is 10.9. The second-order valence-electron chi connectivity index (χ2n) is 4.06. The predicted octanol–water partition coefficient (Wildman–Crippen LogP) is 3.24. The van der Waals surface area contributed by atoms with Crippen LogP contribution in [0, 0.1) is 0 Å². The Hall–Kier alpha value is -1.94. The molecule has 0 saturated carbocycles. The number of rotatable bonds is 4. The van der Waals surface area contributed by atoms with Crippen molar-refractivity contribution < 1.29 is 30.6 Å². The average molecular weight is 351 g/mol. The summed E-state index contributed by atoms with van der Waals surface area (Å²) in [4.78, 5) is 14.9. The molecule has 5 nitrogen and oxygen atoms in total. The lowest BCUT2D eigenvalue weighted by Gasteiger charge is -2.07. The van der Waals surface area contributed by atoms with Crippen molar-refractivity contribution in [1.82, 2.24) is 4.98 Å². The lowest BCUT2D eigenvalue weighted by molar-refractivity contribution is -0.0501. The number of alkyl halides is 3. The molecule has 1 heterocycles. The van der Waals surface area contributed by atoms with Crippen LogP contribution in [-0.4, -0.2) is 24.7 Å². The van der Waals surface area contributed by atoms with Gasteiger partial charge in [-0.25, -0.2) is 0 Å². The summed E-state index contributed by atoms with van der Waals surface area (Å²) in [6.45, 7) is 1.08. The van der Waals surface area contributed by atoms with Crippen LogP contribution in [0.15, 0.2) is 30.3 Å². The third-order valence-electron chi connectivity index (χ3n) is 2.41. The van der Waals surface area contributed by atoms with Gasteiger partial charge in [0.25, 0.3) is 5.88 Å². The molecule has 0 saturated heterocycles. The zero-order chi connectivity index (χ0) is 16.5. The maximum absolute atomic E-state index is 12.4. The van der Waals surface area contributed by atoms with Crippen LogP contribution in [0.25, 0.3) is 10.6 Å². The van der Waals surface area contributed by atoms with Gasteiger partial charge in [-0.3, -0.25) is 4.79 Å². The normalized spacial score (nSPS) is 12.2. The first-order valence-corrected chi connectivity index (χ1v) is 7.92. The number of nitrogens with zero attached hydrogens (tertiary/aromatic N) is 1. The molecule has 2 rings (SSSR count). The molecule has 0 unspecified atom stereocenters. The standard InChI is InChI=1S/C12H8F3NO4S2/c1-7(17)9-10(20-22(18,19)12(13,14)15)16-11(21-9)8-5-3-2-4-6-8/h2-6H,1H3. The van der Waals surface area contributed by atoms with E-state index in [0.29, 0.717) is 5.56 Å². The Kier molecular flexibility index (Phi) is 4.25. The van der Waals surface area contributed by atoms with Crippen molar-refractivity contribution in [3.05, 3.63) is 35.2 Å². The Morgan fingerprint density at radius 3 is 2.32 bits per heavy atom. The summed E-state index contributed by atoms with van der Waals surface area (Å²) >= 11 is 0.755. The van der Waals surface area contributed by atoms with Crippen molar-refractivity contribution in [2.24, 2.45) is 0 Å². The van der Waals surface area contributed by atoms with Gasteiger partial charge >= 0.3 is 15.6 Å². The largest absolute Gasteiger partial charge is 0.534 e. The fourth-order valence-electron chi connectivity index (χ4n) is 1.44. The van der Waals surface area contributed by atoms with Crippen molar-refractivity contribution >= 4 is 27.2 Å². The number of aromatic nitrogens is 1. The summed E-state index contributed by atoms with van der Waals surface area (Å²) in [5, 5.41) is 0.179. The fraction of sp³-hybridized carbons (Fsp3) is 0.167. The molecule has 10 heteroatoms. The van der Waals surface area contributed by atoms with Gasteiger partial charge in [-0.2, -0.15) is 26.6 Å². The molecular formula is C12H8F3NO4S2. The summed E-state index contributed by atoms with van der Waals surface area (Å²) in [6, 6.07) is 8.28. The first-order valence-electron chi connectivity index (χ1n) is 5.70. The van der Waals surface area contributed by atoms with E-state index in [9.17, 15) is 26.4 Å². The van der Waals surface area contributed by atoms with E-state index in [0.717, 1.165) is 18.3 Å². The summed E-state index contributed by atoms with van der Waals surface area (Å²) in [5.41, 5.74) is -5.08. The van der Waals surface area contributed by atoms with E-state index in [2.05, 4.69) is 9.17 Å². The molecule has 1 aromatic carbocycles. The van der Waals surface area contributed by atoms with Gasteiger partial charge in [0.15, 0.2) is 5.78 Å². The third kappa shape index (κ3) is 3.28. The summed E-state index contributed by atoms with van der Waals surface area (Å²) in [7, 11) is -5.88. The number of benzene rings is 1. The summed E-state index contributed by atoms with van der Waals surface area (Å²) in [5.74, 6) is -1.51. The van der Waals surface area contributed by atoms with Crippen LogP contribution >= 0.6 is 11.3 Å². The minimum Gasteiger partial charge on any atom is -0.353 e. The van der Waals surface area contributed by atoms with Crippen molar-refractivity contribution in [1.29, 1.82) is 0 Å². The maximum Gasteiger partial charge on any atom is 0.534 e. The number of carbonyl (C=O) groups is 1. The van der Waals surface area contributed by atoms with Gasteiger partial charge in [0.2, 0.25) is 0 Å². The van der Waals surface area contributed by atoms with Crippen LogP contribution < -0.4 is 4.18 Å². The minimum absolute atomic E-state index is 0.179. The second-order valence-corrected chi connectivity index (χ2v) is 6.60. The Morgan fingerprint density at radius 1 is 1.23 bits per heavy atom. The molecule has 118 valence electrons. The van der Waals surface area contributed by atoms with Gasteiger partial charge in [-0.05, 0) is 0 Å². The van der Waals surface area contributed by atoms with Gasteiger partial charge in [0.1, 0.15) is 9.88 Å². The Balaban J connectivity index is 2.48. The Bertz CT molecular complexity index is 798. The van der Waals surface area contributed by atoms with Crippen LogP contribution in [-0.2, 0) is 10.1 Å². The number of halogens is 3. The third-order valence-corrected chi connectivity index (χ3v) is 4.54. The van der Waals surface area contributed by atoms with Crippen LogP contribution in [0.2, 0.25) is 0 Å². The first-order chi connectivity index (χ1) is 10.1. The molecule has 0 spiro atoms. The van der Waals surface area contributed by atoms with Crippen molar-refractivity contribution in [2.45, 2.75) is 12.4 Å². The number of hydrogen-bond acceptors (Lipinski definition) is 6. The molecule has 0 aliphatic heterocycles. The summed E-state index contributed by atoms with van der Waals surface area (Å²) < 4.78 is 63.2. The molecule has 1 aromatic heterocycles. The maximum atomic E-state index is 12.4. The van der Waals surface area contributed by atoms with Crippen molar-refractivity contribution in [3.8, 4) is 16.5 Å². The quantitative estimate of drug-likeness (QED) is 0.480. The lowest BCUT2D eigenvalue weighted by atomic mass is 10.2. The minimum atomic E-state index is -5.88. The SMILES string of the molecule is CC(=O)c1sc(-c2ccccc2)nc1OS(=O)(=O)C(F)(F)F. The second kappa shape index (κ2) is 5.69. The molecule has 0 aliphatic carbocycles. The Morgan fingerprint density at radius 2 is 1.82 bits per heavy atom. The zero-order valence-corrected chi connectivity index (χ0v) is 12.6. The predicted molar refractivity (Wildman–Crippen MR) is 73.2 cm³/mol. The van der Waals surface area contributed by atoms with Crippen LogP contribution in [0.4, 0.5) is 13.2 Å². The Labute approximate surface area is 127 Å². The number of carbonyl (C=O) groups excluding carboxylic acids is 1. The van der Waals surface area contributed by atoms with Crippen LogP contribution in [0.3, 0.4) is 0 Å². The molecule has 0 atom stereocenters. The molecule has 0 amide bonds. The fourth-order valence-corrected chi connectivity index (χ4v) is 2.81. The van der Waals surface area contributed by atoms with E-state index < -0.39 is 27.3 Å². The number of ketones is 1.